The van der Waals surface area contributed by atoms with Gasteiger partial charge in [-0.25, -0.2) is 5.84 Å². The van der Waals surface area contributed by atoms with E-state index in [4.69, 9.17) is 21.2 Å². The molecule has 0 bridgehead atoms. The Kier molecular flexibility index (Phi) is 4.75. The molecule has 0 radical (unpaired) electrons. The lowest BCUT2D eigenvalue weighted by Crippen LogP contribution is -2.43. The predicted molar refractivity (Wildman–Crippen MR) is 49.6 cm³/mol. The van der Waals surface area contributed by atoms with E-state index in [2.05, 4.69) is 15.9 Å². The molecule has 72 valence electrons. The van der Waals surface area contributed by atoms with Crippen LogP contribution >= 0.6 is 15.9 Å². The maximum atomic E-state index is 8.25. The van der Waals surface area contributed by atoms with Crippen LogP contribution in [-0.2, 0) is 0 Å². The number of hydrogen-bond donors (Lipinski definition) is 1. The Morgan fingerprint density at radius 3 is 2.38 bits per heavy atom. The third kappa shape index (κ3) is 5.85. The molecule has 7 heteroatoms. The Morgan fingerprint density at radius 1 is 1.62 bits per heavy atom. The van der Waals surface area contributed by atoms with Crippen LogP contribution in [-0.4, -0.2) is 5.09 Å². The van der Waals surface area contributed by atoms with Gasteiger partial charge in [0.25, 0.3) is 0 Å². The Morgan fingerprint density at radius 2 is 2.08 bits per heavy atom. The lowest BCUT2D eigenvalue weighted by molar-refractivity contribution is -0.639. The van der Waals surface area contributed by atoms with E-state index in [0.717, 1.165) is 4.47 Å². The Labute approximate surface area is 82.8 Å². The van der Waals surface area contributed by atoms with Crippen LogP contribution in [0.1, 0.15) is 5.56 Å². The Bertz CT molecular complexity index is 301. The highest BCUT2D eigenvalue weighted by Crippen LogP contribution is 2.10. The van der Waals surface area contributed by atoms with Crippen LogP contribution in [0.15, 0.2) is 22.9 Å². The van der Waals surface area contributed by atoms with Crippen molar-refractivity contribution in [3.05, 3.63) is 43.8 Å². The van der Waals surface area contributed by atoms with Gasteiger partial charge in [-0.3, -0.25) is 0 Å². The van der Waals surface area contributed by atoms with Gasteiger partial charge in [0.15, 0.2) is 6.20 Å². The van der Waals surface area contributed by atoms with Gasteiger partial charge < -0.3 is 15.3 Å². The van der Waals surface area contributed by atoms with Crippen LogP contribution in [0.2, 0.25) is 0 Å². The minimum atomic E-state index is -1.75. The van der Waals surface area contributed by atoms with Crippen molar-refractivity contribution in [1.29, 1.82) is 0 Å². The Balaban J connectivity index is 0.000000310. The fraction of sp³-hybridized carbons (Fsp3) is 0.167. The van der Waals surface area contributed by atoms with Crippen molar-refractivity contribution in [2.24, 2.45) is 0 Å². The average molecular weight is 250 g/mol. The first kappa shape index (κ1) is 11.6. The zero-order valence-electron chi connectivity index (χ0n) is 6.81. The van der Waals surface area contributed by atoms with Crippen molar-refractivity contribution >= 4 is 15.9 Å². The molecule has 2 N–H and O–H groups in total. The SMILES string of the molecule is Cc1cc[n+](N)cc1Br.O=[N+]([O-])[O-]. The van der Waals surface area contributed by atoms with Crippen molar-refractivity contribution in [3.8, 4) is 0 Å². The van der Waals surface area contributed by atoms with Crippen molar-refractivity contribution in [3.63, 3.8) is 0 Å². The van der Waals surface area contributed by atoms with Crippen LogP contribution in [0.3, 0.4) is 0 Å². The van der Waals surface area contributed by atoms with E-state index in [0.29, 0.717) is 0 Å². The number of pyridine rings is 1. The van der Waals surface area contributed by atoms with Crippen LogP contribution in [0, 0.1) is 22.2 Å². The van der Waals surface area contributed by atoms with Gasteiger partial charge in [0.05, 0.1) is 9.56 Å². The van der Waals surface area contributed by atoms with Crippen LogP contribution in [0.25, 0.3) is 0 Å². The molecule has 1 rings (SSSR count). The monoisotopic (exact) mass is 249 g/mol. The lowest BCUT2D eigenvalue weighted by Gasteiger charge is -1.90. The van der Waals surface area contributed by atoms with E-state index < -0.39 is 5.09 Å². The number of halogens is 1. The Hall–Kier alpha value is -1.37. The van der Waals surface area contributed by atoms with Crippen molar-refractivity contribution < 1.29 is 9.76 Å². The third-order valence-corrected chi connectivity index (χ3v) is 1.97. The molecule has 6 nitrogen and oxygen atoms in total. The fourth-order valence-electron chi connectivity index (χ4n) is 0.553. The average Bonchev–Trinajstić information content (AvgIpc) is 1.96. The van der Waals surface area contributed by atoms with E-state index in [9.17, 15) is 0 Å². The molecular formula is C6H8BrN3O3. The number of nitrogens with zero attached hydrogens (tertiary/aromatic N) is 2. The summed E-state index contributed by atoms with van der Waals surface area (Å²) in [6.45, 7) is 2.02. The van der Waals surface area contributed by atoms with E-state index in [-0.39, 0.29) is 0 Å². The normalized spacial score (nSPS) is 8.46. The van der Waals surface area contributed by atoms with Gasteiger partial charge in [-0.15, -0.1) is 0 Å². The predicted octanol–water partition coefficient (Wildman–Crippen LogP) is 0.520. The van der Waals surface area contributed by atoms with Gasteiger partial charge in [-0.05, 0) is 28.4 Å². The van der Waals surface area contributed by atoms with Gasteiger partial charge in [-0.2, -0.15) is 0 Å². The molecule has 0 aliphatic rings. The summed E-state index contributed by atoms with van der Waals surface area (Å²) in [7, 11) is 0. The molecule has 0 unspecified atom stereocenters. The minimum Gasteiger partial charge on any atom is -0.356 e. The van der Waals surface area contributed by atoms with E-state index in [1.165, 1.54) is 10.2 Å². The van der Waals surface area contributed by atoms with Crippen LogP contribution < -0.4 is 10.5 Å². The smallest absolute Gasteiger partial charge is 0.213 e. The second-order valence-electron chi connectivity index (χ2n) is 2.15. The molecule has 0 aromatic carbocycles. The van der Waals surface area contributed by atoms with Gasteiger partial charge in [0.1, 0.15) is 0 Å². The first-order valence-corrected chi connectivity index (χ1v) is 3.96. The largest absolute Gasteiger partial charge is 0.356 e. The topological polar surface area (TPSA) is 96.1 Å². The van der Waals surface area contributed by atoms with Crippen molar-refractivity contribution in [2.75, 3.05) is 5.84 Å². The summed E-state index contributed by atoms with van der Waals surface area (Å²) < 4.78 is 2.55. The molecule has 13 heavy (non-hydrogen) atoms. The molecule has 0 aliphatic carbocycles. The van der Waals surface area contributed by atoms with Crippen molar-refractivity contribution in [1.82, 2.24) is 0 Å². The first-order valence-electron chi connectivity index (χ1n) is 3.17. The highest BCUT2D eigenvalue weighted by atomic mass is 79.9. The summed E-state index contributed by atoms with van der Waals surface area (Å²) in [5.74, 6) is 5.41. The summed E-state index contributed by atoms with van der Waals surface area (Å²) >= 11 is 3.35. The number of rotatable bonds is 0. The van der Waals surface area contributed by atoms with Gasteiger partial charge in [-0.1, -0.05) is 4.68 Å². The maximum Gasteiger partial charge on any atom is 0.213 e. The highest BCUT2D eigenvalue weighted by molar-refractivity contribution is 9.10. The maximum absolute atomic E-state index is 8.25. The highest BCUT2D eigenvalue weighted by Gasteiger charge is 1.97. The van der Waals surface area contributed by atoms with Gasteiger partial charge >= 0.3 is 0 Å². The lowest BCUT2D eigenvalue weighted by atomic mass is 10.3. The number of nitrogens with two attached hydrogens (primary N) is 1. The van der Waals surface area contributed by atoms with Crippen LogP contribution in [0.4, 0.5) is 0 Å². The molecule has 0 aliphatic heterocycles. The second-order valence-corrected chi connectivity index (χ2v) is 3.00. The summed E-state index contributed by atoms with van der Waals surface area (Å²) in [5, 5.41) is 14.8. The number of hydrogen-bond acceptors (Lipinski definition) is 4. The fourth-order valence-corrected chi connectivity index (χ4v) is 0.922. The standard InChI is InChI=1S/C6H8BrN2.NO3/c1-5-2-3-9(8)4-6(5)7;2-1(3)4/h2-4H,8H2,1H3;/q+1;-1. The zero-order valence-corrected chi connectivity index (χ0v) is 8.39. The number of aromatic nitrogens is 1. The molecular weight excluding hydrogens is 242 g/mol. The molecule has 0 atom stereocenters. The molecule has 0 saturated carbocycles. The summed E-state index contributed by atoms with van der Waals surface area (Å²) in [6.07, 6.45) is 3.62. The molecule has 0 spiro atoms. The van der Waals surface area contributed by atoms with Crippen LogP contribution in [0.5, 0.6) is 0 Å². The molecule has 0 amide bonds. The number of aryl methyl sites for hydroxylation is 1. The summed E-state index contributed by atoms with van der Waals surface area (Å²) in [4.78, 5) is 8.25. The van der Waals surface area contributed by atoms with Gasteiger partial charge in [0, 0.05) is 6.07 Å². The minimum absolute atomic E-state index is 1.03. The van der Waals surface area contributed by atoms with E-state index in [1.54, 1.807) is 6.20 Å². The quantitative estimate of drug-likeness (QED) is 0.314. The summed E-state index contributed by atoms with van der Waals surface area (Å²) in [5.41, 5.74) is 1.19. The summed E-state index contributed by atoms with van der Waals surface area (Å²) in [6, 6.07) is 1.95. The molecule has 0 saturated heterocycles. The zero-order chi connectivity index (χ0) is 10.4. The van der Waals surface area contributed by atoms with E-state index in [1.807, 2.05) is 19.2 Å². The molecule has 1 aromatic rings. The van der Waals surface area contributed by atoms with E-state index >= 15 is 0 Å². The molecule has 1 aromatic heterocycles. The molecule has 1 heterocycles. The second kappa shape index (κ2) is 5.31. The van der Waals surface area contributed by atoms with Crippen molar-refractivity contribution in [2.45, 2.75) is 6.92 Å². The first-order chi connectivity index (χ1) is 5.93. The number of nitrogen functional groups attached to an aromatic ring is 1. The third-order valence-electron chi connectivity index (χ3n) is 1.14. The molecule has 0 fully saturated rings. The van der Waals surface area contributed by atoms with Gasteiger partial charge in [0.2, 0.25) is 6.20 Å².